The summed E-state index contributed by atoms with van der Waals surface area (Å²) >= 11 is 1.75. The lowest BCUT2D eigenvalue weighted by Crippen LogP contribution is -2.47. The molecule has 0 amide bonds. The molecule has 0 N–H and O–H groups in total. The van der Waals surface area contributed by atoms with Crippen molar-refractivity contribution < 1.29 is 4.79 Å². The summed E-state index contributed by atoms with van der Waals surface area (Å²) in [7, 11) is 0. The molecular weight excluding hydrogens is 404 g/mol. The Morgan fingerprint density at radius 1 is 1.03 bits per heavy atom. The van der Waals surface area contributed by atoms with Crippen LogP contribution in [0.1, 0.15) is 37.7 Å². The largest absolute Gasteiger partial charge is 0.343 e. The predicted molar refractivity (Wildman–Crippen MR) is 125 cm³/mol. The molecule has 0 atom stereocenters. The van der Waals surface area contributed by atoms with Crippen LogP contribution in [0.5, 0.6) is 0 Å². The molecule has 2 aromatic heterocycles. The Balaban J connectivity index is 1.31. The topological polar surface area (TPSA) is 52.3 Å². The number of Topliss-reactive ketones (excluding diaryl/α,β-unsaturated/α-hetero) is 1. The van der Waals surface area contributed by atoms with Gasteiger partial charge in [-0.2, -0.15) is 5.26 Å². The van der Waals surface area contributed by atoms with Gasteiger partial charge in [-0.3, -0.25) is 14.6 Å². The maximum atomic E-state index is 13.0. The molecule has 160 valence electrons. The first-order chi connectivity index (χ1) is 15.0. The number of aromatic nitrogens is 1. The number of benzene rings is 1. The number of piperazine rings is 1. The first-order valence-electron chi connectivity index (χ1n) is 10.7. The SMILES string of the molecule is Cc1cc(C(=O)CN2CCN(Cc3ccc(C#N)cc3)CC2)c(C)n1Cc1cccs1. The highest BCUT2D eigenvalue weighted by atomic mass is 32.1. The lowest BCUT2D eigenvalue weighted by atomic mass is 10.1. The Hall–Kier alpha value is -2.72. The molecule has 0 unspecified atom stereocenters. The summed E-state index contributed by atoms with van der Waals surface area (Å²) in [5, 5.41) is 11.0. The molecule has 0 aliphatic carbocycles. The van der Waals surface area contributed by atoms with Crippen molar-refractivity contribution in [3.63, 3.8) is 0 Å². The fraction of sp³-hybridized carbons (Fsp3) is 0.360. The van der Waals surface area contributed by atoms with E-state index in [0.29, 0.717) is 12.1 Å². The Morgan fingerprint density at radius 3 is 2.39 bits per heavy atom. The van der Waals surface area contributed by atoms with Gasteiger partial charge in [0.25, 0.3) is 0 Å². The molecule has 3 aromatic rings. The van der Waals surface area contributed by atoms with Gasteiger partial charge in [0.2, 0.25) is 0 Å². The van der Waals surface area contributed by atoms with Crippen molar-refractivity contribution in [2.24, 2.45) is 0 Å². The lowest BCUT2D eigenvalue weighted by Gasteiger charge is -2.34. The van der Waals surface area contributed by atoms with Gasteiger partial charge in [0.05, 0.1) is 24.7 Å². The van der Waals surface area contributed by atoms with Gasteiger partial charge in [-0.1, -0.05) is 18.2 Å². The number of hydrogen-bond acceptors (Lipinski definition) is 5. The van der Waals surface area contributed by atoms with E-state index in [0.717, 1.165) is 56.2 Å². The quantitative estimate of drug-likeness (QED) is 0.528. The molecule has 1 aromatic carbocycles. The minimum atomic E-state index is 0.214. The number of carbonyl (C=O) groups is 1. The van der Waals surface area contributed by atoms with E-state index >= 15 is 0 Å². The van der Waals surface area contributed by atoms with Crippen molar-refractivity contribution in [1.82, 2.24) is 14.4 Å². The van der Waals surface area contributed by atoms with Crippen molar-refractivity contribution >= 4 is 17.1 Å². The van der Waals surface area contributed by atoms with E-state index in [1.165, 1.54) is 10.4 Å². The number of nitriles is 1. The number of ketones is 1. The summed E-state index contributed by atoms with van der Waals surface area (Å²) in [6.45, 7) is 10.0. The number of rotatable bonds is 7. The normalized spacial score (nSPS) is 15.1. The molecular formula is C25H28N4OS. The van der Waals surface area contributed by atoms with Crippen molar-refractivity contribution in [1.29, 1.82) is 5.26 Å². The summed E-state index contributed by atoms with van der Waals surface area (Å²) in [5.41, 5.74) is 4.98. The van der Waals surface area contributed by atoms with E-state index in [1.807, 2.05) is 30.3 Å². The Morgan fingerprint density at radius 2 is 1.74 bits per heavy atom. The van der Waals surface area contributed by atoms with Crippen molar-refractivity contribution in [3.05, 3.63) is 80.8 Å². The van der Waals surface area contributed by atoms with E-state index in [-0.39, 0.29) is 5.78 Å². The first-order valence-corrected chi connectivity index (χ1v) is 11.6. The molecule has 1 saturated heterocycles. The second kappa shape index (κ2) is 9.61. The third-order valence-corrected chi connectivity index (χ3v) is 6.95. The van der Waals surface area contributed by atoms with Gasteiger partial charge < -0.3 is 4.57 Å². The van der Waals surface area contributed by atoms with E-state index < -0.39 is 0 Å². The van der Waals surface area contributed by atoms with Crippen LogP contribution in [0.15, 0.2) is 47.8 Å². The van der Waals surface area contributed by atoms with Crippen LogP contribution in [0.4, 0.5) is 0 Å². The molecule has 6 heteroatoms. The zero-order valence-corrected chi connectivity index (χ0v) is 19.0. The molecule has 31 heavy (non-hydrogen) atoms. The third-order valence-electron chi connectivity index (χ3n) is 6.09. The molecule has 0 spiro atoms. The molecule has 0 radical (unpaired) electrons. The van der Waals surface area contributed by atoms with Gasteiger partial charge in [0.15, 0.2) is 5.78 Å². The average Bonchev–Trinajstić information content (AvgIpc) is 3.39. The number of nitrogens with zero attached hydrogens (tertiary/aromatic N) is 4. The van der Waals surface area contributed by atoms with Gasteiger partial charge >= 0.3 is 0 Å². The van der Waals surface area contributed by atoms with Gasteiger partial charge in [-0.15, -0.1) is 11.3 Å². The fourth-order valence-corrected chi connectivity index (χ4v) is 4.91. The average molecular weight is 433 g/mol. The number of thiophene rings is 1. The number of aryl methyl sites for hydroxylation is 1. The second-order valence-electron chi connectivity index (χ2n) is 8.23. The van der Waals surface area contributed by atoms with Gasteiger partial charge in [-0.25, -0.2) is 0 Å². The maximum Gasteiger partial charge on any atom is 0.178 e. The van der Waals surface area contributed by atoms with Gasteiger partial charge in [0.1, 0.15) is 0 Å². The van der Waals surface area contributed by atoms with Crippen molar-refractivity contribution in [2.75, 3.05) is 32.7 Å². The molecule has 4 rings (SSSR count). The Kier molecular flexibility index (Phi) is 6.67. The standard InChI is InChI=1S/C25H28N4OS/c1-19-14-24(20(2)29(19)17-23-4-3-13-31-23)25(30)18-28-11-9-27(10-12-28)16-22-7-5-21(15-26)6-8-22/h3-8,13-14H,9-12,16-18H2,1-2H3. The first kappa shape index (κ1) is 21.5. The Labute approximate surface area is 188 Å². The second-order valence-corrected chi connectivity index (χ2v) is 9.27. The van der Waals surface area contributed by atoms with E-state index in [9.17, 15) is 4.79 Å². The van der Waals surface area contributed by atoms with E-state index in [4.69, 9.17) is 5.26 Å². The van der Waals surface area contributed by atoms with Crippen LogP contribution in [0.2, 0.25) is 0 Å². The summed E-state index contributed by atoms with van der Waals surface area (Å²) in [6.07, 6.45) is 0. The van der Waals surface area contributed by atoms with Crippen LogP contribution in [-0.2, 0) is 13.1 Å². The van der Waals surface area contributed by atoms with Crippen LogP contribution in [0.3, 0.4) is 0 Å². The van der Waals surface area contributed by atoms with Crippen LogP contribution >= 0.6 is 11.3 Å². The molecule has 0 bridgehead atoms. The maximum absolute atomic E-state index is 13.0. The van der Waals surface area contributed by atoms with Gasteiger partial charge in [-0.05, 0) is 49.1 Å². The van der Waals surface area contributed by atoms with Crippen molar-refractivity contribution in [3.8, 4) is 6.07 Å². The number of carbonyl (C=O) groups excluding carboxylic acids is 1. The lowest BCUT2D eigenvalue weighted by molar-refractivity contribution is 0.0843. The molecule has 1 aliphatic rings. The molecule has 0 saturated carbocycles. The molecule has 3 heterocycles. The highest BCUT2D eigenvalue weighted by Crippen LogP contribution is 2.20. The highest BCUT2D eigenvalue weighted by molar-refractivity contribution is 7.09. The Bertz CT molecular complexity index is 1070. The smallest absolute Gasteiger partial charge is 0.178 e. The molecule has 1 fully saturated rings. The monoisotopic (exact) mass is 432 g/mol. The predicted octanol–water partition coefficient (Wildman–Crippen LogP) is 4.09. The summed E-state index contributed by atoms with van der Waals surface area (Å²) in [6, 6.07) is 16.2. The van der Waals surface area contributed by atoms with Crippen molar-refractivity contribution in [2.45, 2.75) is 26.9 Å². The minimum Gasteiger partial charge on any atom is -0.343 e. The summed E-state index contributed by atoms with van der Waals surface area (Å²) in [5.74, 6) is 0.214. The van der Waals surface area contributed by atoms with Crippen LogP contribution in [0.25, 0.3) is 0 Å². The summed E-state index contributed by atoms with van der Waals surface area (Å²) in [4.78, 5) is 19.0. The zero-order chi connectivity index (χ0) is 21.8. The number of hydrogen-bond donors (Lipinski definition) is 0. The third kappa shape index (κ3) is 5.13. The van der Waals surface area contributed by atoms with Gasteiger partial charge in [0, 0.05) is 54.6 Å². The van der Waals surface area contributed by atoms with E-state index in [1.54, 1.807) is 11.3 Å². The van der Waals surface area contributed by atoms with E-state index in [2.05, 4.69) is 51.8 Å². The van der Waals surface area contributed by atoms with Crippen LogP contribution in [-0.4, -0.2) is 52.9 Å². The highest BCUT2D eigenvalue weighted by Gasteiger charge is 2.22. The minimum absolute atomic E-state index is 0.214. The van der Waals surface area contributed by atoms with Crippen LogP contribution in [0, 0.1) is 25.2 Å². The summed E-state index contributed by atoms with van der Waals surface area (Å²) < 4.78 is 2.24. The van der Waals surface area contributed by atoms with Crippen LogP contribution < -0.4 is 0 Å². The molecule has 1 aliphatic heterocycles. The fourth-order valence-electron chi connectivity index (χ4n) is 4.22. The zero-order valence-electron chi connectivity index (χ0n) is 18.2. The molecule has 5 nitrogen and oxygen atoms in total.